The second-order valence-corrected chi connectivity index (χ2v) is 14.7. The van der Waals surface area contributed by atoms with E-state index >= 15 is 0 Å². The molecule has 0 bridgehead atoms. The van der Waals surface area contributed by atoms with Crippen LogP contribution in [-0.4, -0.2) is 72.8 Å². The van der Waals surface area contributed by atoms with E-state index in [9.17, 15) is 40.3 Å². The number of fused-ring (bicyclic) bond motifs is 1. The van der Waals surface area contributed by atoms with Gasteiger partial charge in [0, 0.05) is 34.9 Å². The summed E-state index contributed by atoms with van der Waals surface area (Å²) in [5, 5.41) is 3.84. The van der Waals surface area contributed by atoms with Crippen molar-refractivity contribution in [2.45, 2.75) is 56.5 Å². The van der Waals surface area contributed by atoms with Crippen LogP contribution in [0.3, 0.4) is 0 Å². The number of carbonyl (C=O) groups is 2. The minimum Gasteiger partial charge on any atom is -0.497 e. The van der Waals surface area contributed by atoms with Gasteiger partial charge in [0.25, 0.3) is 5.91 Å². The fourth-order valence-electron chi connectivity index (χ4n) is 7.71. The number of amides is 2. The number of hydrogen-bond donors (Lipinski definition) is 2. The maximum atomic E-state index is 14.1. The molecule has 2 N–H and O–H groups in total. The van der Waals surface area contributed by atoms with Crippen molar-refractivity contribution in [2.75, 3.05) is 45.2 Å². The molecule has 16 heteroatoms. The number of H-pyrrole nitrogens is 1. The van der Waals surface area contributed by atoms with Gasteiger partial charge in [-0.25, -0.2) is 4.39 Å². The number of anilines is 1. The second kappa shape index (κ2) is 17.0. The van der Waals surface area contributed by atoms with Gasteiger partial charge in [0.2, 0.25) is 5.91 Å². The topological polar surface area (TPSA) is 96.1 Å². The molecule has 2 saturated heterocycles. The molecule has 1 unspecified atom stereocenters. The molecule has 0 aliphatic carbocycles. The number of morpholine rings is 1. The zero-order chi connectivity index (χ0) is 42.1. The van der Waals surface area contributed by atoms with Crippen molar-refractivity contribution in [3.63, 3.8) is 0 Å². The summed E-state index contributed by atoms with van der Waals surface area (Å²) in [5.74, 6) is -0.304. The number of rotatable bonds is 10. The lowest BCUT2D eigenvalue weighted by atomic mass is 9.89. The number of methoxy groups -OCH3 is 1. The first-order valence-electron chi connectivity index (χ1n) is 19.0. The van der Waals surface area contributed by atoms with E-state index in [1.54, 1.807) is 37.4 Å². The van der Waals surface area contributed by atoms with Crippen molar-refractivity contribution >= 4 is 28.4 Å². The molecule has 5 aromatic rings. The first kappa shape index (κ1) is 41.7. The summed E-state index contributed by atoms with van der Waals surface area (Å²) in [6, 6.07) is 18.0. The van der Waals surface area contributed by atoms with Crippen molar-refractivity contribution < 1.29 is 54.5 Å². The molecule has 0 radical (unpaired) electrons. The van der Waals surface area contributed by atoms with E-state index in [1.807, 2.05) is 23.2 Å². The lowest BCUT2D eigenvalue weighted by Crippen LogP contribution is -2.52. The summed E-state index contributed by atoms with van der Waals surface area (Å²) in [7, 11) is 1.57. The van der Waals surface area contributed by atoms with Crippen LogP contribution >= 0.6 is 0 Å². The third-order valence-corrected chi connectivity index (χ3v) is 10.9. The summed E-state index contributed by atoms with van der Waals surface area (Å²) in [6.07, 6.45) is -9.37. The molecule has 0 saturated carbocycles. The molecule has 312 valence electrons. The third kappa shape index (κ3) is 9.55. The van der Waals surface area contributed by atoms with Gasteiger partial charge in [0.05, 0.1) is 37.5 Å². The number of ether oxygens (including phenoxy) is 3. The number of carbonyl (C=O) groups excluding carboxylic acids is 2. The van der Waals surface area contributed by atoms with Crippen molar-refractivity contribution in [3.8, 4) is 5.75 Å². The Morgan fingerprint density at radius 1 is 0.881 bits per heavy atom. The number of nitrogens with one attached hydrogen (secondary N) is 2. The van der Waals surface area contributed by atoms with Gasteiger partial charge in [-0.3, -0.25) is 14.5 Å². The Hall–Kier alpha value is -5.45. The highest BCUT2D eigenvalue weighted by Crippen LogP contribution is 2.40. The third-order valence-electron chi connectivity index (χ3n) is 10.9. The van der Waals surface area contributed by atoms with E-state index in [1.165, 1.54) is 36.1 Å². The number of alkyl halides is 6. The van der Waals surface area contributed by atoms with Crippen LogP contribution in [-0.2, 0) is 26.6 Å². The summed E-state index contributed by atoms with van der Waals surface area (Å²) in [5.41, 5.74) is 0.126. The van der Waals surface area contributed by atoms with Crippen molar-refractivity contribution in [2.24, 2.45) is 0 Å². The number of aromatic nitrogens is 1. The van der Waals surface area contributed by atoms with E-state index in [0.717, 1.165) is 16.5 Å². The van der Waals surface area contributed by atoms with Crippen LogP contribution in [0.25, 0.3) is 10.9 Å². The molecule has 9 nitrogen and oxygen atoms in total. The van der Waals surface area contributed by atoms with Gasteiger partial charge >= 0.3 is 12.4 Å². The summed E-state index contributed by atoms with van der Waals surface area (Å²) < 4.78 is 113. The van der Waals surface area contributed by atoms with Gasteiger partial charge in [-0.1, -0.05) is 12.1 Å². The van der Waals surface area contributed by atoms with Gasteiger partial charge in [-0.2, -0.15) is 26.3 Å². The summed E-state index contributed by atoms with van der Waals surface area (Å²) in [4.78, 5) is 34.1. The van der Waals surface area contributed by atoms with Crippen LogP contribution in [0, 0.1) is 5.82 Å². The Labute approximate surface area is 335 Å². The second-order valence-electron chi connectivity index (χ2n) is 14.7. The number of nitrogens with zero attached hydrogens (tertiary/aromatic N) is 2. The molecule has 59 heavy (non-hydrogen) atoms. The molecule has 7 rings (SSSR count). The Balaban J connectivity index is 1.04. The van der Waals surface area contributed by atoms with Gasteiger partial charge < -0.3 is 29.4 Å². The molecule has 3 heterocycles. The quantitative estimate of drug-likeness (QED) is 0.136. The molecular formula is C43H41F7N4O5. The van der Waals surface area contributed by atoms with E-state index in [-0.39, 0.29) is 49.1 Å². The molecule has 4 aromatic carbocycles. The number of benzene rings is 4. The van der Waals surface area contributed by atoms with Crippen LogP contribution in [0.1, 0.15) is 76.0 Å². The van der Waals surface area contributed by atoms with Crippen molar-refractivity contribution in [1.29, 1.82) is 0 Å². The van der Waals surface area contributed by atoms with Crippen LogP contribution in [0.2, 0.25) is 0 Å². The average molecular weight is 827 g/mol. The number of piperidine rings is 1. The predicted molar refractivity (Wildman–Crippen MR) is 204 cm³/mol. The van der Waals surface area contributed by atoms with Gasteiger partial charge in [0.1, 0.15) is 17.6 Å². The van der Waals surface area contributed by atoms with Crippen LogP contribution in [0.4, 0.5) is 36.4 Å². The highest BCUT2D eigenvalue weighted by atomic mass is 19.4. The molecule has 1 aromatic heterocycles. The standard InChI is InChI=1S/C43H41F7N4O5/c1-25(29-19-30(42(45,46)47)22-31(20-29)43(48,49)50)59-41-39(27-3-6-32(44)7-4-27)54(17-18-58-41)38(55)24-53-15-13-26(14-16-53)36-23-51-37-12-5-28(21-35(36)37)40(56)52-33-8-10-34(57-2)11-9-33/h3-12,19-23,25-26,39,41,51H,13-18,24H2,1-2H3,(H,52,56)/t25?,39-,41+/m0/s1. The van der Waals surface area contributed by atoms with Crippen molar-refractivity contribution in [1.82, 2.24) is 14.8 Å². The Morgan fingerprint density at radius 2 is 1.54 bits per heavy atom. The average Bonchev–Trinajstić information content (AvgIpc) is 3.64. The molecule has 2 amide bonds. The molecular weight excluding hydrogens is 785 g/mol. The van der Waals surface area contributed by atoms with Gasteiger partial charge in [-0.05, 0) is 128 Å². The summed E-state index contributed by atoms with van der Waals surface area (Å²) >= 11 is 0. The number of halogens is 7. The van der Waals surface area contributed by atoms with Gasteiger partial charge in [-0.15, -0.1) is 0 Å². The molecule has 2 aliphatic rings. The Bertz CT molecular complexity index is 2240. The maximum absolute atomic E-state index is 14.1. The Kier molecular flexibility index (Phi) is 12.0. The summed E-state index contributed by atoms with van der Waals surface area (Å²) in [6.45, 7) is 2.54. The SMILES string of the molecule is COc1ccc(NC(=O)c2ccc3[nH]cc(C4CCN(CC(=O)N5CCO[C@H](OC(C)c6cc(C(F)(F)F)cc(C(F)(F)F)c6)[C@@H]5c5ccc(F)cc5)CC4)c3c2)cc1. The van der Waals surface area contributed by atoms with E-state index in [0.29, 0.717) is 60.6 Å². The molecule has 3 atom stereocenters. The number of aromatic amines is 1. The van der Waals surface area contributed by atoms with Crippen LogP contribution < -0.4 is 10.1 Å². The minimum absolute atomic E-state index is 0.0127. The monoisotopic (exact) mass is 826 g/mol. The van der Waals surface area contributed by atoms with Crippen molar-refractivity contribution in [3.05, 3.63) is 130 Å². The highest BCUT2D eigenvalue weighted by Gasteiger charge is 2.41. The number of likely N-dealkylation sites (tertiary alicyclic amines) is 1. The largest absolute Gasteiger partial charge is 0.497 e. The zero-order valence-electron chi connectivity index (χ0n) is 32.0. The van der Waals surface area contributed by atoms with E-state index in [2.05, 4.69) is 10.3 Å². The Morgan fingerprint density at radius 3 is 2.17 bits per heavy atom. The molecule has 2 fully saturated rings. The lowest BCUT2D eigenvalue weighted by molar-refractivity contribution is -0.229. The fourth-order valence-corrected chi connectivity index (χ4v) is 7.71. The minimum atomic E-state index is -5.05. The predicted octanol–water partition coefficient (Wildman–Crippen LogP) is 9.49. The zero-order valence-corrected chi connectivity index (χ0v) is 32.0. The maximum Gasteiger partial charge on any atom is 0.416 e. The van der Waals surface area contributed by atoms with Gasteiger partial charge in [0.15, 0.2) is 6.29 Å². The van der Waals surface area contributed by atoms with Crippen LogP contribution in [0.15, 0.2) is 91.1 Å². The molecule has 0 spiro atoms. The van der Waals surface area contributed by atoms with E-state index < -0.39 is 47.7 Å². The number of hydrogen-bond acceptors (Lipinski definition) is 6. The highest BCUT2D eigenvalue weighted by molar-refractivity contribution is 6.06. The first-order valence-corrected chi connectivity index (χ1v) is 19.0. The fraction of sp³-hybridized carbons (Fsp3) is 0.349. The van der Waals surface area contributed by atoms with Crippen LogP contribution in [0.5, 0.6) is 5.75 Å². The lowest BCUT2D eigenvalue weighted by Gasteiger charge is -2.43. The molecule has 2 aliphatic heterocycles. The first-order chi connectivity index (χ1) is 28.1. The van der Waals surface area contributed by atoms with E-state index in [4.69, 9.17) is 14.2 Å². The smallest absolute Gasteiger partial charge is 0.416 e. The normalized spacial score (nSPS) is 18.8.